The molecule has 2 heterocycles. The third-order valence-electron chi connectivity index (χ3n) is 4.25. The highest BCUT2D eigenvalue weighted by atomic mass is 35.5. The molecule has 0 unspecified atom stereocenters. The van der Waals surface area contributed by atoms with Crippen molar-refractivity contribution in [1.82, 2.24) is 14.8 Å². The van der Waals surface area contributed by atoms with Gasteiger partial charge in [0.25, 0.3) is 0 Å². The van der Waals surface area contributed by atoms with Crippen molar-refractivity contribution in [3.8, 4) is 11.4 Å². The highest BCUT2D eigenvalue weighted by molar-refractivity contribution is 7.99. The molecule has 0 bridgehead atoms. The van der Waals surface area contributed by atoms with Crippen molar-refractivity contribution in [3.05, 3.63) is 81.7 Å². The highest BCUT2D eigenvalue weighted by Crippen LogP contribution is 2.28. The van der Waals surface area contributed by atoms with Crippen LogP contribution in [0.2, 0.25) is 15.1 Å². The van der Waals surface area contributed by atoms with E-state index >= 15 is 0 Å². The number of nitrogens with one attached hydrogen (secondary N) is 1. The zero-order chi connectivity index (χ0) is 21.8. The molecular formula is C21H15Cl3N4O2S. The molecule has 6 nitrogen and oxygen atoms in total. The second kappa shape index (κ2) is 9.78. The zero-order valence-corrected chi connectivity index (χ0v) is 19.0. The van der Waals surface area contributed by atoms with E-state index in [1.54, 1.807) is 36.6 Å². The van der Waals surface area contributed by atoms with Gasteiger partial charge in [-0.1, -0.05) is 46.6 Å². The molecule has 0 aliphatic heterocycles. The molecule has 0 atom stereocenters. The van der Waals surface area contributed by atoms with Gasteiger partial charge in [-0.25, -0.2) is 0 Å². The smallest absolute Gasteiger partial charge is 0.234 e. The maximum atomic E-state index is 12.5. The summed E-state index contributed by atoms with van der Waals surface area (Å²) in [6.07, 6.45) is 1.61. The number of aromatic nitrogens is 3. The van der Waals surface area contributed by atoms with E-state index in [4.69, 9.17) is 39.2 Å². The number of nitrogens with zero attached hydrogens (tertiary/aromatic N) is 3. The molecule has 4 aromatic rings. The summed E-state index contributed by atoms with van der Waals surface area (Å²) in [4.78, 5) is 12.5. The van der Waals surface area contributed by atoms with E-state index in [0.717, 1.165) is 11.3 Å². The number of carbonyl (C=O) groups excluding carboxylic acids is 1. The Balaban J connectivity index is 1.54. The Morgan fingerprint density at radius 2 is 1.81 bits per heavy atom. The molecular weight excluding hydrogens is 479 g/mol. The van der Waals surface area contributed by atoms with E-state index in [9.17, 15) is 4.79 Å². The van der Waals surface area contributed by atoms with Crippen LogP contribution in [0.4, 0.5) is 5.69 Å². The number of hydrogen-bond acceptors (Lipinski definition) is 5. The predicted octanol–water partition coefficient (Wildman–Crippen LogP) is 6.28. The van der Waals surface area contributed by atoms with Crippen molar-refractivity contribution >= 4 is 58.2 Å². The first kappa shape index (κ1) is 21.8. The Morgan fingerprint density at radius 1 is 1.03 bits per heavy atom. The van der Waals surface area contributed by atoms with Crippen molar-refractivity contribution in [3.63, 3.8) is 0 Å². The number of amides is 1. The minimum absolute atomic E-state index is 0.111. The van der Waals surface area contributed by atoms with Gasteiger partial charge < -0.3 is 9.73 Å². The van der Waals surface area contributed by atoms with Gasteiger partial charge in [0.2, 0.25) is 5.91 Å². The van der Waals surface area contributed by atoms with Gasteiger partial charge in [0, 0.05) is 15.6 Å². The summed E-state index contributed by atoms with van der Waals surface area (Å²) in [5, 5.41) is 13.5. The lowest BCUT2D eigenvalue weighted by Crippen LogP contribution is -2.15. The van der Waals surface area contributed by atoms with Crippen LogP contribution in [-0.2, 0) is 11.3 Å². The first-order valence-corrected chi connectivity index (χ1v) is 11.2. The Hall–Kier alpha value is -2.45. The second-order valence-corrected chi connectivity index (χ2v) is 8.66. The molecule has 0 radical (unpaired) electrons. The maximum Gasteiger partial charge on any atom is 0.234 e. The summed E-state index contributed by atoms with van der Waals surface area (Å²) in [5.74, 6) is 1.26. The second-order valence-electron chi connectivity index (χ2n) is 6.44. The fourth-order valence-corrected chi connectivity index (χ4v) is 4.02. The van der Waals surface area contributed by atoms with Gasteiger partial charge in [0.15, 0.2) is 11.0 Å². The van der Waals surface area contributed by atoms with Crippen LogP contribution in [0.25, 0.3) is 11.4 Å². The lowest BCUT2D eigenvalue weighted by Gasteiger charge is -2.10. The third-order valence-corrected chi connectivity index (χ3v) is 6.03. The van der Waals surface area contributed by atoms with Crippen LogP contribution in [0, 0.1) is 0 Å². The topological polar surface area (TPSA) is 73.0 Å². The van der Waals surface area contributed by atoms with Crippen molar-refractivity contribution in [2.45, 2.75) is 11.7 Å². The molecule has 4 rings (SSSR count). The van der Waals surface area contributed by atoms with Crippen molar-refractivity contribution < 1.29 is 9.21 Å². The fraction of sp³-hybridized carbons (Fsp3) is 0.0952. The quantitative estimate of drug-likeness (QED) is 0.307. The lowest BCUT2D eigenvalue weighted by atomic mass is 10.2. The van der Waals surface area contributed by atoms with Crippen molar-refractivity contribution in [2.24, 2.45) is 0 Å². The molecule has 10 heteroatoms. The number of hydrogen-bond donors (Lipinski definition) is 1. The first-order valence-electron chi connectivity index (χ1n) is 9.09. The van der Waals surface area contributed by atoms with E-state index in [2.05, 4.69) is 15.5 Å². The molecule has 0 spiro atoms. The van der Waals surface area contributed by atoms with Gasteiger partial charge in [0.05, 0.1) is 29.3 Å². The Bertz CT molecular complexity index is 1190. The van der Waals surface area contributed by atoms with Crippen LogP contribution >= 0.6 is 46.6 Å². The van der Waals surface area contributed by atoms with Crippen LogP contribution in [0.5, 0.6) is 0 Å². The van der Waals surface area contributed by atoms with E-state index in [0.29, 0.717) is 38.3 Å². The fourth-order valence-electron chi connectivity index (χ4n) is 2.82. The normalized spacial score (nSPS) is 10.9. The van der Waals surface area contributed by atoms with Gasteiger partial charge in [0.1, 0.15) is 5.76 Å². The Labute approximate surface area is 197 Å². The van der Waals surface area contributed by atoms with Crippen molar-refractivity contribution in [1.29, 1.82) is 0 Å². The van der Waals surface area contributed by atoms with E-state index < -0.39 is 0 Å². The number of halogens is 3. The summed E-state index contributed by atoms with van der Waals surface area (Å²) < 4.78 is 7.38. The maximum absolute atomic E-state index is 12.5. The molecule has 2 aromatic carbocycles. The van der Waals surface area contributed by atoms with Crippen LogP contribution in [0.3, 0.4) is 0 Å². The van der Waals surface area contributed by atoms with Crippen molar-refractivity contribution in [2.75, 3.05) is 11.1 Å². The van der Waals surface area contributed by atoms with Gasteiger partial charge in [-0.2, -0.15) is 0 Å². The van der Waals surface area contributed by atoms with Gasteiger partial charge in [-0.05, 0) is 54.6 Å². The van der Waals surface area contributed by atoms with Gasteiger partial charge in [-0.15, -0.1) is 10.2 Å². The summed E-state index contributed by atoms with van der Waals surface area (Å²) in [5.41, 5.74) is 1.31. The number of anilines is 1. The molecule has 1 amide bonds. The van der Waals surface area contributed by atoms with Crippen LogP contribution < -0.4 is 5.32 Å². The molecule has 0 saturated carbocycles. The average Bonchev–Trinajstić information content (AvgIpc) is 3.40. The minimum Gasteiger partial charge on any atom is -0.467 e. The molecule has 158 valence electrons. The number of carbonyl (C=O) groups is 1. The lowest BCUT2D eigenvalue weighted by molar-refractivity contribution is -0.113. The van der Waals surface area contributed by atoms with Crippen LogP contribution in [0.15, 0.2) is 70.4 Å². The van der Waals surface area contributed by atoms with Crippen LogP contribution in [-0.4, -0.2) is 26.4 Å². The van der Waals surface area contributed by atoms with Gasteiger partial charge in [-0.3, -0.25) is 9.36 Å². The molecule has 1 N–H and O–H groups in total. The monoisotopic (exact) mass is 492 g/mol. The number of benzene rings is 2. The highest BCUT2D eigenvalue weighted by Gasteiger charge is 2.17. The van der Waals surface area contributed by atoms with E-state index in [-0.39, 0.29) is 11.7 Å². The number of rotatable bonds is 7. The first-order chi connectivity index (χ1) is 15.0. The largest absolute Gasteiger partial charge is 0.467 e. The average molecular weight is 494 g/mol. The molecule has 0 saturated heterocycles. The minimum atomic E-state index is -0.241. The molecule has 0 fully saturated rings. The standard InChI is InChI=1S/C21H15Cl3N4O2S/c22-14-5-3-13(4-6-14)20-26-27-21(28(20)11-16-2-1-9-30-16)31-12-19(29)25-18-10-15(23)7-8-17(18)24/h1-10H,11-12H2,(H,25,29). The summed E-state index contributed by atoms with van der Waals surface area (Å²) >= 11 is 19.4. The van der Waals surface area contributed by atoms with E-state index in [1.807, 2.05) is 28.8 Å². The number of furan rings is 1. The SMILES string of the molecule is O=C(CSc1nnc(-c2ccc(Cl)cc2)n1Cc1ccco1)Nc1cc(Cl)ccc1Cl. The van der Waals surface area contributed by atoms with Crippen LogP contribution in [0.1, 0.15) is 5.76 Å². The summed E-state index contributed by atoms with van der Waals surface area (Å²) in [7, 11) is 0. The number of thioether (sulfide) groups is 1. The molecule has 2 aromatic heterocycles. The summed E-state index contributed by atoms with van der Waals surface area (Å²) in [6, 6.07) is 15.9. The van der Waals surface area contributed by atoms with Gasteiger partial charge >= 0.3 is 0 Å². The zero-order valence-electron chi connectivity index (χ0n) is 15.9. The Morgan fingerprint density at radius 3 is 2.55 bits per heavy atom. The predicted molar refractivity (Wildman–Crippen MR) is 124 cm³/mol. The third kappa shape index (κ3) is 5.43. The van der Waals surface area contributed by atoms with E-state index in [1.165, 1.54) is 11.8 Å². The Kier molecular flexibility index (Phi) is 6.87. The summed E-state index contributed by atoms with van der Waals surface area (Å²) in [6.45, 7) is 0.419. The molecule has 0 aliphatic carbocycles. The molecule has 31 heavy (non-hydrogen) atoms. The molecule has 0 aliphatic rings.